The molecule has 1 N–H and O–H groups in total. The van der Waals surface area contributed by atoms with Gasteiger partial charge in [0.2, 0.25) is 10.0 Å². The fraction of sp³-hybridized carbons (Fsp3) is 0.588. The molecule has 2 aromatic rings. The molecule has 2 aromatic heterocycles. The van der Waals surface area contributed by atoms with Crippen LogP contribution in [0.4, 0.5) is 0 Å². The summed E-state index contributed by atoms with van der Waals surface area (Å²) in [5.74, 6) is 1.89. The number of nitrogens with zero attached hydrogens (tertiary/aromatic N) is 1. The van der Waals surface area contributed by atoms with Crippen LogP contribution >= 0.6 is 11.3 Å². The first-order chi connectivity index (χ1) is 11.6. The van der Waals surface area contributed by atoms with Gasteiger partial charge in [-0.1, -0.05) is 25.7 Å². The highest BCUT2D eigenvalue weighted by Crippen LogP contribution is 2.37. The zero-order valence-corrected chi connectivity index (χ0v) is 15.2. The average molecular weight is 367 g/mol. The summed E-state index contributed by atoms with van der Waals surface area (Å²) in [5, 5.41) is 0. The molecule has 0 saturated heterocycles. The monoisotopic (exact) mass is 366 g/mol. The third-order valence-corrected chi connectivity index (χ3v) is 8.11. The van der Waals surface area contributed by atoms with E-state index in [1.165, 1.54) is 24.2 Å². The van der Waals surface area contributed by atoms with Crippen LogP contribution in [0.25, 0.3) is 10.6 Å². The van der Waals surface area contributed by atoms with Crippen molar-refractivity contribution in [2.24, 2.45) is 0 Å². The van der Waals surface area contributed by atoms with Gasteiger partial charge in [0.1, 0.15) is 4.21 Å². The number of thiophene rings is 1. The van der Waals surface area contributed by atoms with Crippen LogP contribution in [0.1, 0.15) is 63.2 Å². The Morgan fingerprint density at radius 2 is 1.79 bits per heavy atom. The summed E-state index contributed by atoms with van der Waals surface area (Å²) >= 11 is 1.25. The average Bonchev–Trinajstić information content (AvgIpc) is 3.31. The summed E-state index contributed by atoms with van der Waals surface area (Å²) in [4.78, 5) is 5.22. The molecule has 0 radical (unpaired) electrons. The SMILES string of the molecule is O=S(=O)(NC1CCCC1)c1ccc(-c2cnc(C3CCCC3)o2)s1. The van der Waals surface area contributed by atoms with Gasteiger partial charge in [0.05, 0.1) is 11.1 Å². The van der Waals surface area contributed by atoms with Gasteiger partial charge in [0.25, 0.3) is 0 Å². The quantitative estimate of drug-likeness (QED) is 0.857. The van der Waals surface area contributed by atoms with Crippen molar-refractivity contribution in [2.75, 3.05) is 0 Å². The number of hydrogen-bond donors (Lipinski definition) is 1. The molecule has 0 atom stereocenters. The van der Waals surface area contributed by atoms with E-state index in [1.807, 2.05) is 6.07 Å². The minimum Gasteiger partial charge on any atom is -0.440 e. The molecule has 0 spiro atoms. The number of rotatable bonds is 5. The number of oxazole rings is 1. The fourth-order valence-corrected chi connectivity index (χ4v) is 6.26. The van der Waals surface area contributed by atoms with E-state index in [9.17, 15) is 8.42 Å². The molecule has 7 heteroatoms. The highest BCUT2D eigenvalue weighted by Gasteiger charge is 2.26. The summed E-state index contributed by atoms with van der Waals surface area (Å²) < 4.78 is 34.1. The van der Waals surface area contributed by atoms with Crippen molar-refractivity contribution in [2.45, 2.75) is 67.5 Å². The minimum atomic E-state index is -3.43. The molecule has 2 aliphatic rings. The Morgan fingerprint density at radius 3 is 2.54 bits per heavy atom. The number of aromatic nitrogens is 1. The van der Waals surface area contributed by atoms with Crippen molar-refractivity contribution < 1.29 is 12.8 Å². The van der Waals surface area contributed by atoms with Crippen LogP contribution in [0, 0.1) is 0 Å². The van der Waals surface area contributed by atoms with E-state index in [-0.39, 0.29) is 6.04 Å². The largest absolute Gasteiger partial charge is 0.440 e. The Kier molecular flexibility index (Phi) is 4.49. The number of nitrogens with one attached hydrogen (secondary N) is 1. The predicted octanol–water partition coefficient (Wildman–Crippen LogP) is 4.28. The lowest BCUT2D eigenvalue weighted by molar-refractivity contribution is 0.458. The van der Waals surface area contributed by atoms with Gasteiger partial charge in [-0.15, -0.1) is 11.3 Å². The summed E-state index contributed by atoms with van der Waals surface area (Å²) in [5.41, 5.74) is 0. The summed E-state index contributed by atoms with van der Waals surface area (Å²) in [6, 6.07) is 3.56. The third kappa shape index (κ3) is 3.30. The van der Waals surface area contributed by atoms with Crippen molar-refractivity contribution in [1.82, 2.24) is 9.71 Å². The van der Waals surface area contributed by atoms with E-state index in [0.29, 0.717) is 15.9 Å². The van der Waals surface area contributed by atoms with Crippen LogP contribution in [-0.2, 0) is 10.0 Å². The van der Waals surface area contributed by atoms with Gasteiger partial charge >= 0.3 is 0 Å². The second-order valence-electron chi connectivity index (χ2n) is 6.77. The zero-order valence-electron chi connectivity index (χ0n) is 13.5. The van der Waals surface area contributed by atoms with Gasteiger partial charge < -0.3 is 4.42 Å². The van der Waals surface area contributed by atoms with Crippen molar-refractivity contribution in [3.05, 3.63) is 24.2 Å². The van der Waals surface area contributed by atoms with E-state index in [0.717, 1.165) is 49.3 Å². The standard InChI is InChI=1S/C17H22N2O3S2/c20-24(21,19-13-7-3-4-8-13)16-10-9-15(23-16)14-11-18-17(22-14)12-5-1-2-6-12/h9-13,19H,1-8H2. The van der Waals surface area contributed by atoms with Gasteiger partial charge in [-0.25, -0.2) is 18.1 Å². The lowest BCUT2D eigenvalue weighted by atomic mass is 10.1. The molecule has 0 aromatic carbocycles. The fourth-order valence-electron chi connectivity index (χ4n) is 3.68. The molecule has 0 amide bonds. The molecule has 0 aliphatic heterocycles. The number of sulfonamides is 1. The van der Waals surface area contributed by atoms with Crippen molar-refractivity contribution in [3.8, 4) is 10.6 Å². The van der Waals surface area contributed by atoms with Crippen LogP contribution in [0.2, 0.25) is 0 Å². The lowest BCUT2D eigenvalue weighted by Crippen LogP contribution is -2.32. The molecule has 2 aliphatic carbocycles. The second-order valence-corrected chi connectivity index (χ2v) is 9.79. The molecule has 2 saturated carbocycles. The maximum absolute atomic E-state index is 12.5. The summed E-state index contributed by atoms with van der Waals surface area (Å²) in [6.07, 6.45) is 10.5. The predicted molar refractivity (Wildman–Crippen MR) is 93.6 cm³/mol. The highest BCUT2D eigenvalue weighted by molar-refractivity contribution is 7.91. The molecule has 0 bridgehead atoms. The smallest absolute Gasteiger partial charge is 0.250 e. The van der Waals surface area contributed by atoms with Crippen LogP contribution in [0.15, 0.2) is 27.0 Å². The molecule has 2 fully saturated rings. The molecule has 2 heterocycles. The zero-order chi connectivity index (χ0) is 16.6. The van der Waals surface area contributed by atoms with Gasteiger partial charge in [-0.3, -0.25) is 0 Å². The lowest BCUT2D eigenvalue weighted by Gasteiger charge is -2.10. The molecule has 130 valence electrons. The normalized spacial score (nSPS) is 20.2. The Bertz CT molecular complexity index is 797. The highest BCUT2D eigenvalue weighted by atomic mass is 32.2. The Hall–Kier alpha value is -1.18. The van der Waals surface area contributed by atoms with Crippen LogP contribution in [0.3, 0.4) is 0 Å². The molecule has 4 rings (SSSR count). The molecule has 5 nitrogen and oxygen atoms in total. The van der Waals surface area contributed by atoms with E-state index in [4.69, 9.17) is 4.42 Å². The van der Waals surface area contributed by atoms with E-state index < -0.39 is 10.0 Å². The molecule has 0 unspecified atom stereocenters. The summed E-state index contributed by atoms with van der Waals surface area (Å²) in [6.45, 7) is 0. The summed E-state index contributed by atoms with van der Waals surface area (Å²) in [7, 11) is -3.43. The molecule has 24 heavy (non-hydrogen) atoms. The van der Waals surface area contributed by atoms with Crippen LogP contribution < -0.4 is 4.72 Å². The van der Waals surface area contributed by atoms with Crippen LogP contribution in [0.5, 0.6) is 0 Å². The number of hydrogen-bond acceptors (Lipinski definition) is 5. The van der Waals surface area contributed by atoms with Crippen molar-refractivity contribution in [3.63, 3.8) is 0 Å². The Labute approximate surface area is 146 Å². The molecular formula is C17H22N2O3S2. The first-order valence-corrected chi connectivity index (χ1v) is 11.0. The van der Waals surface area contributed by atoms with E-state index >= 15 is 0 Å². The topological polar surface area (TPSA) is 72.2 Å². The van der Waals surface area contributed by atoms with Gasteiger partial charge in [-0.2, -0.15) is 0 Å². The Balaban J connectivity index is 1.51. The van der Waals surface area contributed by atoms with Gasteiger partial charge in [0.15, 0.2) is 11.7 Å². The molecular weight excluding hydrogens is 344 g/mol. The van der Waals surface area contributed by atoms with Crippen molar-refractivity contribution >= 4 is 21.4 Å². The maximum Gasteiger partial charge on any atom is 0.250 e. The first kappa shape index (κ1) is 16.3. The maximum atomic E-state index is 12.5. The van der Waals surface area contributed by atoms with Crippen molar-refractivity contribution in [1.29, 1.82) is 0 Å². The van der Waals surface area contributed by atoms with Crippen LogP contribution in [-0.4, -0.2) is 19.4 Å². The van der Waals surface area contributed by atoms with E-state index in [1.54, 1.807) is 12.3 Å². The minimum absolute atomic E-state index is 0.0831. The van der Waals surface area contributed by atoms with Gasteiger partial charge in [0, 0.05) is 12.0 Å². The third-order valence-electron chi connectivity index (χ3n) is 4.99. The Morgan fingerprint density at radius 1 is 1.08 bits per heavy atom. The second kappa shape index (κ2) is 6.61. The van der Waals surface area contributed by atoms with E-state index in [2.05, 4.69) is 9.71 Å². The first-order valence-electron chi connectivity index (χ1n) is 8.70. The van der Waals surface area contributed by atoms with Gasteiger partial charge in [-0.05, 0) is 37.8 Å².